The smallest absolute Gasteiger partial charge is 0.124 e. The molecule has 0 saturated heterocycles. The van der Waals surface area contributed by atoms with Crippen LogP contribution in [0.25, 0.3) is 0 Å². The molecule has 0 fully saturated rings. The minimum Gasteiger partial charge on any atom is -0.496 e. The van der Waals surface area contributed by atoms with E-state index < -0.39 is 0 Å². The third-order valence-corrected chi connectivity index (χ3v) is 3.78. The highest BCUT2D eigenvalue weighted by Gasteiger charge is 2.20. The number of hydrogen-bond donors (Lipinski definition) is 0. The average molecular weight is 310 g/mol. The van der Waals surface area contributed by atoms with Gasteiger partial charge >= 0.3 is 0 Å². The normalized spacial score (nSPS) is 20.2. The third-order valence-electron chi connectivity index (χ3n) is 3.78. The zero-order valence-electron chi connectivity index (χ0n) is 13.1. The second-order valence-electron chi connectivity index (χ2n) is 5.66. The van der Waals surface area contributed by atoms with Crippen molar-refractivity contribution < 1.29 is 14.2 Å². The van der Waals surface area contributed by atoms with E-state index in [0.717, 1.165) is 6.42 Å². The third kappa shape index (κ3) is 5.23. The van der Waals surface area contributed by atoms with E-state index in [1.165, 1.54) is 11.1 Å². The maximum atomic E-state index is 5.94. The molecule has 0 unspecified atom stereocenters. The van der Waals surface area contributed by atoms with Crippen molar-refractivity contribution in [1.82, 2.24) is 0 Å². The number of ether oxygens (including phenoxy) is 3. The Hall–Kier alpha value is -2.10. The Kier molecular flexibility index (Phi) is 5.84. The Bertz CT molecular complexity index is 595. The molecule has 1 heterocycles. The Balaban J connectivity index is 1.39. The molecular formula is C20H22O3. The minimum atomic E-state index is 0.0458. The molecule has 3 heteroatoms. The Labute approximate surface area is 137 Å². The van der Waals surface area contributed by atoms with Crippen LogP contribution in [0, 0.1) is 0 Å². The molecule has 0 N–H and O–H groups in total. The Morgan fingerprint density at radius 3 is 2.22 bits per heavy atom. The topological polar surface area (TPSA) is 27.7 Å². The highest BCUT2D eigenvalue weighted by Crippen LogP contribution is 2.17. The van der Waals surface area contributed by atoms with Crippen LogP contribution in [0.2, 0.25) is 0 Å². The van der Waals surface area contributed by atoms with Crippen LogP contribution in [0.3, 0.4) is 0 Å². The molecule has 0 bridgehead atoms. The summed E-state index contributed by atoms with van der Waals surface area (Å²) >= 11 is 0. The van der Waals surface area contributed by atoms with Crippen molar-refractivity contribution in [2.75, 3.05) is 6.61 Å². The van der Waals surface area contributed by atoms with Crippen LogP contribution in [-0.2, 0) is 27.4 Å². The average Bonchev–Trinajstić information content (AvgIpc) is 2.62. The first kappa shape index (κ1) is 15.8. The molecule has 2 aromatic carbocycles. The van der Waals surface area contributed by atoms with Gasteiger partial charge in [0.15, 0.2) is 0 Å². The Morgan fingerprint density at radius 1 is 0.870 bits per heavy atom. The van der Waals surface area contributed by atoms with Crippen molar-refractivity contribution in [2.45, 2.75) is 31.8 Å². The van der Waals surface area contributed by atoms with E-state index in [-0.39, 0.29) is 12.2 Å². The zero-order valence-corrected chi connectivity index (χ0v) is 13.1. The quantitative estimate of drug-likeness (QED) is 0.771. The summed E-state index contributed by atoms with van der Waals surface area (Å²) in [4.78, 5) is 0. The van der Waals surface area contributed by atoms with Gasteiger partial charge in [-0.3, -0.25) is 0 Å². The summed E-state index contributed by atoms with van der Waals surface area (Å²) in [7, 11) is 0. The molecule has 2 atom stereocenters. The zero-order chi connectivity index (χ0) is 15.7. The lowest BCUT2D eigenvalue weighted by molar-refractivity contribution is -0.0331. The number of benzene rings is 2. The van der Waals surface area contributed by atoms with E-state index in [0.29, 0.717) is 19.8 Å². The number of hydrogen-bond acceptors (Lipinski definition) is 3. The summed E-state index contributed by atoms with van der Waals surface area (Å²) in [5.74, 6) is 0. The van der Waals surface area contributed by atoms with Gasteiger partial charge in [-0.25, -0.2) is 0 Å². The molecule has 3 nitrogen and oxygen atoms in total. The van der Waals surface area contributed by atoms with Gasteiger partial charge in [0.1, 0.15) is 6.10 Å². The van der Waals surface area contributed by atoms with Crippen LogP contribution >= 0.6 is 0 Å². The molecule has 1 aliphatic rings. The molecule has 120 valence electrons. The second-order valence-corrected chi connectivity index (χ2v) is 5.66. The monoisotopic (exact) mass is 310 g/mol. The SMILES string of the molecule is C1=C[C@H](OCc2ccccc2)C[C@@H](COCc2ccccc2)O1. The summed E-state index contributed by atoms with van der Waals surface area (Å²) in [5, 5.41) is 0. The van der Waals surface area contributed by atoms with Crippen molar-refractivity contribution in [3.63, 3.8) is 0 Å². The van der Waals surface area contributed by atoms with E-state index in [4.69, 9.17) is 14.2 Å². The fourth-order valence-corrected chi connectivity index (χ4v) is 2.53. The molecule has 3 rings (SSSR count). The van der Waals surface area contributed by atoms with Crippen molar-refractivity contribution in [2.24, 2.45) is 0 Å². The predicted octanol–water partition coefficient (Wildman–Crippen LogP) is 4.09. The van der Waals surface area contributed by atoms with Crippen LogP contribution in [0.1, 0.15) is 17.5 Å². The van der Waals surface area contributed by atoms with Crippen molar-refractivity contribution in [3.8, 4) is 0 Å². The van der Waals surface area contributed by atoms with Crippen molar-refractivity contribution in [1.29, 1.82) is 0 Å². The fraction of sp³-hybridized carbons (Fsp3) is 0.300. The second kappa shape index (κ2) is 8.51. The molecule has 0 spiro atoms. The maximum Gasteiger partial charge on any atom is 0.124 e. The molecule has 0 aromatic heterocycles. The van der Waals surface area contributed by atoms with Gasteiger partial charge in [-0.05, 0) is 17.2 Å². The van der Waals surface area contributed by atoms with Gasteiger partial charge in [0.05, 0.1) is 32.2 Å². The maximum absolute atomic E-state index is 5.94. The van der Waals surface area contributed by atoms with E-state index >= 15 is 0 Å². The summed E-state index contributed by atoms with van der Waals surface area (Å²) < 4.78 is 17.3. The van der Waals surface area contributed by atoms with Gasteiger partial charge < -0.3 is 14.2 Å². The van der Waals surface area contributed by atoms with Crippen LogP contribution < -0.4 is 0 Å². The highest BCUT2D eigenvalue weighted by atomic mass is 16.5. The van der Waals surface area contributed by atoms with Crippen LogP contribution in [0.4, 0.5) is 0 Å². The molecule has 0 saturated carbocycles. The summed E-state index contributed by atoms with van der Waals surface area (Å²) in [6.07, 6.45) is 4.64. The van der Waals surface area contributed by atoms with E-state index in [1.807, 2.05) is 42.5 Å². The van der Waals surface area contributed by atoms with Gasteiger partial charge in [-0.15, -0.1) is 0 Å². The Morgan fingerprint density at radius 2 is 1.52 bits per heavy atom. The molecule has 23 heavy (non-hydrogen) atoms. The molecule has 0 radical (unpaired) electrons. The predicted molar refractivity (Wildman–Crippen MR) is 89.7 cm³/mol. The highest BCUT2D eigenvalue weighted by molar-refractivity contribution is 5.14. The first-order valence-corrected chi connectivity index (χ1v) is 7.99. The molecule has 0 amide bonds. The van der Waals surface area contributed by atoms with Gasteiger partial charge in [0.25, 0.3) is 0 Å². The molecule has 2 aromatic rings. The summed E-state index contributed by atoms with van der Waals surface area (Å²) in [6.45, 7) is 1.80. The van der Waals surface area contributed by atoms with Crippen LogP contribution in [0.5, 0.6) is 0 Å². The first-order chi connectivity index (χ1) is 11.4. The molecular weight excluding hydrogens is 288 g/mol. The molecule has 1 aliphatic heterocycles. The van der Waals surface area contributed by atoms with Crippen LogP contribution in [0.15, 0.2) is 73.0 Å². The summed E-state index contributed by atoms with van der Waals surface area (Å²) in [5.41, 5.74) is 2.36. The first-order valence-electron chi connectivity index (χ1n) is 7.99. The van der Waals surface area contributed by atoms with Crippen molar-refractivity contribution in [3.05, 3.63) is 84.1 Å². The van der Waals surface area contributed by atoms with Gasteiger partial charge in [-0.2, -0.15) is 0 Å². The van der Waals surface area contributed by atoms with Crippen LogP contribution in [-0.4, -0.2) is 18.8 Å². The van der Waals surface area contributed by atoms with Crippen molar-refractivity contribution >= 4 is 0 Å². The molecule has 0 aliphatic carbocycles. The lowest BCUT2D eigenvalue weighted by atomic mass is 10.1. The standard InChI is InChI=1S/C20H22O3/c1-3-7-17(8-4-1)14-21-16-20-13-19(11-12-22-20)23-15-18-9-5-2-6-10-18/h1-12,19-20H,13-16H2/t19-,20-/m0/s1. The minimum absolute atomic E-state index is 0.0458. The summed E-state index contributed by atoms with van der Waals surface area (Å²) in [6, 6.07) is 20.4. The van der Waals surface area contributed by atoms with E-state index in [9.17, 15) is 0 Å². The van der Waals surface area contributed by atoms with E-state index in [2.05, 4.69) is 24.3 Å². The fourth-order valence-electron chi connectivity index (χ4n) is 2.53. The largest absolute Gasteiger partial charge is 0.496 e. The lowest BCUT2D eigenvalue weighted by Gasteiger charge is -2.25. The van der Waals surface area contributed by atoms with Gasteiger partial charge in [0, 0.05) is 6.42 Å². The number of rotatable bonds is 7. The van der Waals surface area contributed by atoms with E-state index in [1.54, 1.807) is 6.26 Å². The van der Waals surface area contributed by atoms with Gasteiger partial charge in [-0.1, -0.05) is 60.7 Å². The lowest BCUT2D eigenvalue weighted by Crippen LogP contribution is -2.28. The van der Waals surface area contributed by atoms with Gasteiger partial charge in [0.2, 0.25) is 0 Å².